The van der Waals surface area contributed by atoms with E-state index in [1.54, 1.807) is 30.3 Å². The highest BCUT2D eigenvalue weighted by atomic mass is 19.4. The lowest BCUT2D eigenvalue weighted by atomic mass is 10.0. The van der Waals surface area contributed by atoms with Crippen LogP contribution in [0.5, 0.6) is 0 Å². The molecule has 0 aromatic heterocycles. The fourth-order valence-electron chi connectivity index (χ4n) is 2.27. The van der Waals surface area contributed by atoms with Crippen molar-refractivity contribution in [2.45, 2.75) is 25.1 Å². The molecule has 0 aliphatic carbocycles. The molecule has 2 N–H and O–H groups in total. The maximum Gasteiger partial charge on any atom is 0.408 e. The van der Waals surface area contributed by atoms with Crippen molar-refractivity contribution in [3.63, 3.8) is 0 Å². The first kappa shape index (κ1) is 14.8. The maximum atomic E-state index is 13.0. The molecule has 0 saturated carbocycles. The highest BCUT2D eigenvalue weighted by molar-refractivity contribution is 5.79. The van der Waals surface area contributed by atoms with Crippen molar-refractivity contribution in [1.29, 1.82) is 0 Å². The summed E-state index contributed by atoms with van der Waals surface area (Å²) in [4.78, 5) is 11.8. The molecule has 2 unspecified atom stereocenters. The van der Waals surface area contributed by atoms with Crippen LogP contribution in [0.15, 0.2) is 30.3 Å². The minimum atomic E-state index is -4.45. The Morgan fingerprint density at radius 2 is 2.05 bits per heavy atom. The molecule has 1 heterocycles. The molecule has 1 aromatic rings. The third-order valence-corrected chi connectivity index (χ3v) is 3.43. The Balaban J connectivity index is 2.02. The topological polar surface area (TPSA) is 41.1 Å². The van der Waals surface area contributed by atoms with Gasteiger partial charge in [-0.1, -0.05) is 30.3 Å². The molecule has 6 heteroatoms. The van der Waals surface area contributed by atoms with Crippen LogP contribution in [0.4, 0.5) is 13.2 Å². The molecule has 2 atom stereocenters. The van der Waals surface area contributed by atoms with Gasteiger partial charge in [0.1, 0.15) is 6.04 Å². The summed E-state index contributed by atoms with van der Waals surface area (Å²) in [6.07, 6.45) is -4.10. The lowest BCUT2D eigenvalue weighted by molar-refractivity contribution is -0.162. The zero-order chi connectivity index (χ0) is 14.6. The summed E-state index contributed by atoms with van der Waals surface area (Å²) in [5.74, 6) is -0.885. The molecule has 1 saturated heterocycles. The lowest BCUT2D eigenvalue weighted by Gasteiger charge is -2.23. The van der Waals surface area contributed by atoms with Crippen LogP contribution in [0, 0.1) is 5.92 Å². The standard InChI is InChI=1S/C14H17F3N2O/c15-14(16,17)12(8-10-4-2-1-3-5-10)19-13(20)11-6-7-18-9-11/h1-5,11-12,18H,6-9H2,(H,19,20). The first-order chi connectivity index (χ1) is 9.47. The fraction of sp³-hybridized carbons (Fsp3) is 0.500. The molecule has 1 aromatic carbocycles. The summed E-state index contributed by atoms with van der Waals surface area (Å²) >= 11 is 0. The number of benzene rings is 1. The summed E-state index contributed by atoms with van der Waals surface area (Å²) in [7, 11) is 0. The number of amides is 1. The summed E-state index contributed by atoms with van der Waals surface area (Å²) in [5.41, 5.74) is 0.555. The van der Waals surface area contributed by atoms with E-state index in [1.165, 1.54) is 0 Å². The van der Waals surface area contributed by atoms with Gasteiger partial charge in [0, 0.05) is 13.0 Å². The van der Waals surface area contributed by atoms with Crippen LogP contribution in [0.3, 0.4) is 0 Å². The van der Waals surface area contributed by atoms with Crippen molar-refractivity contribution < 1.29 is 18.0 Å². The van der Waals surface area contributed by atoms with Gasteiger partial charge in [0.2, 0.25) is 5.91 Å². The zero-order valence-corrected chi connectivity index (χ0v) is 10.9. The third kappa shape index (κ3) is 3.96. The Kier molecular flexibility index (Phi) is 4.65. The molecular weight excluding hydrogens is 269 g/mol. The Labute approximate surface area is 115 Å². The second-order valence-electron chi connectivity index (χ2n) is 4.98. The van der Waals surface area contributed by atoms with Gasteiger partial charge in [-0.25, -0.2) is 0 Å². The van der Waals surface area contributed by atoms with Crippen molar-refractivity contribution in [2.75, 3.05) is 13.1 Å². The number of carbonyl (C=O) groups excluding carboxylic acids is 1. The van der Waals surface area contributed by atoms with E-state index in [4.69, 9.17) is 0 Å². The molecule has 110 valence electrons. The van der Waals surface area contributed by atoms with Crippen LogP contribution in [0.2, 0.25) is 0 Å². The van der Waals surface area contributed by atoms with Crippen molar-refractivity contribution >= 4 is 5.91 Å². The first-order valence-electron chi connectivity index (χ1n) is 6.58. The predicted octanol–water partition coefficient (Wildman–Crippen LogP) is 1.89. The maximum absolute atomic E-state index is 13.0. The SMILES string of the molecule is O=C(NC(Cc1ccccc1)C(F)(F)F)C1CCNC1. The normalized spacial score (nSPS) is 20.6. The highest BCUT2D eigenvalue weighted by Crippen LogP contribution is 2.24. The third-order valence-electron chi connectivity index (χ3n) is 3.43. The molecule has 0 radical (unpaired) electrons. The Hall–Kier alpha value is -1.56. The molecule has 1 amide bonds. The molecular formula is C14H17F3N2O. The van der Waals surface area contributed by atoms with Gasteiger partial charge in [-0.3, -0.25) is 4.79 Å². The zero-order valence-electron chi connectivity index (χ0n) is 10.9. The molecule has 0 spiro atoms. The molecule has 2 rings (SSSR count). The average molecular weight is 286 g/mol. The van der Waals surface area contributed by atoms with Gasteiger partial charge in [-0.15, -0.1) is 0 Å². The number of alkyl halides is 3. The molecule has 1 aliphatic rings. The number of hydrogen-bond donors (Lipinski definition) is 2. The Bertz CT molecular complexity index is 441. The fourth-order valence-corrected chi connectivity index (χ4v) is 2.27. The first-order valence-corrected chi connectivity index (χ1v) is 6.58. The molecule has 20 heavy (non-hydrogen) atoms. The van der Waals surface area contributed by atoms with Gasteiger partial charge in [0.05, 0.1) is 5.92 Å². The Morgan fingerprint density at radius 3 is 2.60 bits per heavy atom. The second kappa shape index (κ2) is 6.26. The summed E-state index contributed by atoms with van der Waals surface area (Å²) in [5, 5.41) is 5.12. The van der Waals surface area contributed by atoms with Crippen LogP contribution < -0.4 is 10.6 Å². The molecule has 1 fully saturated rings. The summed E-state index contributed by atoms with van der Waals surface area (Å²) < 4.78 is 39.1. The number of rotatable bonds is 4. The van der Waals surface area contributed by atoms with E-state index in [0.717, 1.165) is 0 Å². The molecule has 0 bridgehead atoms. The Morgan fingerprint density at radius 1 is 1.35 bits per heavy atom. The van der Waals surface area contributed by atoms with E-state index in [0.29, 0.717) is 25.1 Å². The van der Waals surface area contributed by atoms with E-state index in [9.17, 15) is 18.0 Å². The van der Waals surface area contributed by atoms with Crippen LogP contribution >= 0.6 is 0 Å². The minimum Gasteiger partial charge on any atom is -0.344 e. The van der Waals surface area contributed by atoms with Crippen LogP contribution in [-0.4, -0.2) is 31.2 Å². The van der Waals surface area contributed by atoms with Gasteiger partial charge >= 0.3 is 6.18 Å². The van der Waals surface area contributed by atoms with Crippen molar-refractivity contribution in [2.24, 2.45) is 5.92 Å². The van der Waals surface area contributed by atoms with E-state index < -0.39 is 18.1 Å². The molecule has 3 nitrogen and oxygen atoms in total. The lowest BCUT2D eigenvalue weighted by Crippen LogP contribution is -2.49. The average Bonchev–Trinajstić information content (AvgIpc) is 2.92. The minimum absolute atomic E-state index is 0.240. The number of hydrogen-bond acceptors (Lipinski definition) is 2. The van der Waals surface area contributed by atoms with Crippen molar-refractivity contribution in [3.8, 4) is 0 Å². The van der Waals surface area contributed by atoms with E-state index >= 15 is 0 Å². The van der Waals surface area contributed by atoms with Crippen LogP contribution in [0.1, 0.15) is 12.0 Å². The molecule has 1 aliphatic heterocycles. The van der Waals surface area contributed by atoms with Gasteiger partial charge in [-0.05, 0) is 18.5 Å². The smallest absolute Gasteiger partial charge is 0.344 e. The predicted molar refractivity (Wildman–Crippen MR) is 69.1 cm³/mol. The summed E-state index contributed by atoms with van der Waals surface area (Å²) in [6.45, 7) is 1.12. The van der Waals surface area contributed by atoms with E-state index in [2.05, 4.69) is 10.6 Å². The second-order valence-corrected chi connectivity index (χ2v) is 4.98. The van der Waals surface area contributed by atoms with Crippen LogP contribution in [0.25, 0.3) is 0 Å². The van der Waals surface area contributed by atoms with Gasteiger partial charge in [0.15, 0.2) is 0 Å². The van der Waals surface area contributed by atoms with Crippen molar-refractivity contribution in [3.05, 3.63) is 35.9 Å². The van der Waals surface area contributed by atoms with Crippen molar-refractivity contribution in [1.82, 2.24) is 10.6 Å². The van der Waals surface area contributed by atoms with E-state index in [1.807, 2.05) is 0 Å². The quantitative estimate of drug-likeness (QED) is 0.887. The van der Waals surface area contributed by atoms with Gasteiger partial charge in [-0.2, -0.15) is 13.2 Å². The van der Waals surface area contributed by atoms with E-state index in [-0.39, 0.29) is 12.3 Å². The highest BCUT2D eigenvalue weighted by Gasteiger charge is 2.41. The van der Waals surface area contributed by atoms with Gasteiger partial charge in [0.25, 0.3) is 0 Å². The monoisotopic (exact) mass is 286 g/mol. The van der Waals surface area contributed by atoms with Gasteiger partial charge < -0.3 is 10.6 Å². The number of halogens is 3. The largest absolute Gasteiger partial charge is 0.408 e. The number of carbonyl (C=O) groups is 1. The number of nitrogens with one attached hydrogen (secondary N) is 2. The summed E-state index contributed by atoms with van der Waals surface area (Å²) in [6, 6.07) is 6.54. The van der Waals surface area contributed by atoms with Crippen LogP contribution in [-0.2, 0) is 11.2 Å².